The quantitative estimate of drug-likeness (QED) is 0.754. The van der Waals surface area contributed by atoms with Gasteiger partial charge in [0, 0.05) is 6.42 Å². The predicted octanol–water partition coefficient (Wildman–Crippen LogP) is 0.127. The van der Waals surface area contributed by atoms with E-state index in [9.17, 15) is 18.3 Å². The first-order chi connectivity index (χ1) is 9.43. The van der Waals surface area contributed by atoms with E-state index in [1.165, 1.54) is 7.11 Å². The van der Waals surface area contributed by atoms with E-state index < -0.39 is 28.1 Å². The van der Waals surface area contributed by atoms with Gasteiger partial charge in [0.15, 0.2) is 0 Å². The molecule has 0 heterocycles. The number of aliphatic hydroxyl groups excluding tert-OH is 1. The van der Waals surface area contributed by atoms with Crippen molar-refractivity contribution in [1.82, 2.24) is 4.72 Å². The molecule has 0 unspecified atom stereocenters. The molecule has 0 radical (unpaired) electrons. The normalized spacial score (nSPS) is 21.5. The molecule has 6 nitrogen and oxygen atoms in total. The Morgan fingerprint density at radius 1 is 1.45 bits per heavy atom. The second-order valence-corrected chi connectivity index (χ2v) is 6.58. The van der Waals surface area contributed by atoms with Gasteiger partial charge in [-0.05, 0) is 11.1 Å². The Morgan fingerprint density at radius 3 is 2.85 bits per heavy atom. The molecule has 20 heavy (non-hydrogen) atoms. The standard InChI is InChI=1S/C13H17NO5S/c1-19-12(16)6-7-20(17,18)14-13-10-5-3-2-4-9(10)8-11(13)15/h2-5,11,13-15H,6-8H2,1H3/t11-,13+/m0/s1. The van der Waals surface area contributed by atoms with Crippen molar-refractivity contribution in [2.45, 2.75) is 25.0 Å². The second kappa shape index (κ2) is 5.90. The van der Waals surface area contributed by atoms with Gasteiger partial charge in [0.1, 0.15) is 0 Å². The lowest BCUT2D eigenvalue weighted by Crippen LogP contribution is -2.35. The highest BCUT2D eigenvalue weighted by Crippen LogP contribution is 2.31. The van der Waals surface area contributed by atoms with Crippen molar-refractivity contribution in [3.8, 4) is 0 Å². The second-order valence-electron chi connectivity index (χ2n) is 4.71. The molecule has 2 N–H and O–H groups in total. The van der Waals surface area contributed by atoms with Crippen molar-refractivity contribution in [3.63, 3.8) is 0 Å². The summed E-state index contributed by atoms with van der Waals surface area (Å²) in [5.74, 6) is -0.937. The number of nitrogens with one attached hydrogen (secondary N) is 1. The van der Waals surface area contributed by atoms with Crippen molar-refractivity contribution in [2.24, 2.45) is 0 Å². The molecule has 0 aliphatic heterocycles. The lowest BCUT2D eigenvalue weighted by Gasteiger charge is -2.17. The first-order valence-electron chi connectivity index (χ1n) is 6.25. The fraction of sp³-hybridized carbons (Fsp3) is 0.462. The number of hydrogen-bond acceptors (Lipinski definition) is 5. The fourth-order valence-corrected chi connectivity index (χ4v) is 3.51. The molecule has 0 saturated carbocycles. The van der Waals surface area contributed by atoms with Crippen LogP contribution in [-0.4, -0.2) is 38.5 Å². The summed E-state index contributed by atoms with van der Waals surface area (Å²) in [6.45, 7) is 0. The fourth-order valence-electron chi connectivity index (χ4n) is 2.29. The molecule has 1 aliphatic rings. The highest BCUT2D eigenvalue weighted by Gasteiger charge is 2.33. The maximum Gasteiger partial charge on any atom is 0.306 e. The zero-order chi connectivity index (χ0) is 14.8. The van der Waals surface area contributed by atoms with Crippen molar-refractivity contribution in [2.75, 3.05) is 12.9 Å². The number of carbonyl (C=O) groups is 1. The van der Waals surface area contributed by atoms with Gasteiger partial charge in [-0.3, -0.25) is 4.79 Å². The number of ether oxygens (including phenoxy) is 1. The van der Waals surface area contributed by atoms with Gasteiger partial charge in [-0.2, -0.15) is 0 Å². The Bertz CT molecular complexity index is 599. The zero-order valence-electron chi connectivity index (χ0n) is 11.1. The molecule has 0 bridgehead atoms. The van der Waals surface area contributed by atoms with Gasteiger partial charge in [0.25, 0.3) is 0 Å². The Labute approximate surface area is 117 Å². The van der Waals surface area contributed by atoms with E-state index in [0.29, 0.717) is 6.42 Å². The minimum Gasteiger partial charge on any atom is -0.469 e. The van der Waals surface area contributed by atoms with Crippen LogP contribution >= 0.6 is 0 Å². The lowest BCUT2D eigenvalue weighted by atomic mass is 10.1. The van der Waals surface area contributed by atoms with Crippen molar-refractivity contribution < 1.29 is 23.1 Å². The van der Waals surface area contributed by atoms with Gasteiger partial charge in [-0.1, -0.05) is 24.3 Å². The molecule has 0 amide bonds. The van der Waals surface area contributed by atoms with Crippen LogP contribution in [0.15, 0.2) is 24.3 Å². The van der Waals surface area contributed by atoms with Crippen LogP contribution in [0.5, 0.6) is 0 Å². The molecule has 1 aromatic carbocycles. The topological polar surface area (TPSA) is 92.7 Å². The van der Waals surface area contributed by atoms with Crippen LogP contribution in [0.4, 0.5) is 0 Å². The first-order valence-corrected chi connectivity index (χ1v) is 7.91. The smallest absolute Gasteiger partial charge is 0.306 e. The summed E-state index contributed by atoms with van der Waals surface area (Å²) < 4.78 is 30.7. The van der Waals surface area contributed by atoms with Gasteiger partial charge in [0.05, 0.1) is 31.4 Å². The number of esters is 1. The molecule has 0 fully saturated rings. The predicted molar refractivity (Wildman–Crippen MR) is 72.4 cm³/mol. The summed E-state index contributed by atoms with van der Waals surface area (Å²) in [6.07, 6.45) is -0.586. The molecule has 110 valence electrons. The zero-order valence-corrected chi connectivity index (χ0v) is 11.9. The highest BCUT2D eigenvalue weighted by molar-refractivity contribution is 7.89. The molecule has 1 aromatic rings. The third-order valence-electron chi connectivity index (χ3n) is 3.31. The van der Waals surface area contributed by atoms with Gasteiger partial charge >= 0.3 is 5.97 Å². The molecule has 1 aliphatic carbocycles. The molecule has 2 atom stereocenters. The SMILES string of the molecule is COC(=O)CCS(=O)(=O)N[C@@H]1c2ccccc2C[C@@H]1O. The highest BCUT2D eigenvalue weighted by atomic mass is 32.2. The van der Waals surface area contributed by atoms with E-state index in [1.807, 2.05) is 12.1 Å². The monoisotopic (exact) mass is 299 g/mol. The Hall–Kier alpha value is -1.44. The Balaban J connectivity index is 2.08. The van der Waals surface area contributed by atoms with Gasteiger partial charge < -0.3 is 9.84 Å². The van der Waals surface area contributed by atoms with E-state index in [0.717, 1.165) is 11.1 Å². The number of carbonyl (C=O) groups excluding carboxylic acids is 1. The van der Waals surface area contributed by atoms with Crippen LogP contribution in [0.25, 0.3) is 0 Å². The molecule has 7 heteroatoms. The third kappa shape index (κ3) is 3.36. The third-order valence-corrected chi connectivity index (χ3v) is 4.67. The van der Waals surface area contributed by atoms with E-state index in [2.05, 4.69) is 9.46 Å². The number of hydrogen-bond donors (Lipinski definition) is 2. The minimum absolute atomic E-state index is 0.212. The van der Waals surface area contributed by atoms with Gasteiger partial charge in [0.2, 0.25) is 10.0 Å². The van der Waals surface area contributed by atoms with Gasteiger partial charge in [-0.25, -0.2) is 13.1 Å². The van der Waals surface area contributed by atoms with Crippen LogP contribution < -0.4 is 4.72 Å². The minimum atomic E-state index is -3.66. The van der Waals surface area contributed by atoms with E-state index in [-0.39, 0.29) is 12.2 Å². The molecule has 0 spiro atoms. The van der Waals surface area contributed by atoms with Gasteiger partial charge in [-0.15, -0.1) is 0 Å². The largest absolute Gasteiger partial charge is 0.469 e. The maximum absolute atomic E-state index is 11.9. The Morgan fingerprint density at radius 2 is 2.15 bits per heavy atom. The van der Waals surface area contributed by atoms with Crippen LogP contribution in [0.1, 0.15) is 23.6 Å². The first kappa shape index (κ1) is 15.0. The number of benzene rings is 1. The summed E-state index contributed by atoms with van der Waals surface area (Å²) in [4.78, 5) is 11.0. The van der Waals surface area contributed by atoms with E-state index in [1.54, 1.807) is 12.1 Å². The summed E-state index contributed by atoms with van der Waals surface area (Å²) in [5.41, 5.74) is 1.71. The van der Waals surface area contributed by atoms with E-state index >= 15 is 0 Å². The summed E-state index contributed by atoms with van der Waals surface area (Å²) in [5, 5.41) is 9.98. The molecular formula is C13H17NO5S. The van der Waals surface area contributed by atoms with Crippen LogP contribution in [0.2, 0.25) is 0 Å². The average Bonchev–Trinajstić information content (AvgIpc) is 2.72. The van der Waals surface area contributed by atoms with Crippen LogP contribution in [0, 0.1) is 0 Å². The molecule has 2 rings (SSSR count). The van der Waals surface area contributed by atoms with E-state index in [4.69, 9.17) is 0 Å². The summed E-state index contributed by atoms with van der Waals surface area (Å²) in [7, 11) is -2.45. The Kier molecular flexibility index (Phi) is 4.42. The molecular weight excluding hydrogens is 282 g/mol. The number of rotatable bonds is 5. The van der Waals surface area contributed by atoms with Crippen LogP contribution in [0.3, 0.4) is 0 Å². The number of sulfonamides is 1. The average molecular weight is 299 g/mol. The van der Waals surface area contributed by atoms with Crippen molar-refractivity contribution >= 4 is 16.0 Å². The number of methoxy groups -OCH3 is 1. The number of fused-ring (bicyclic) bond motifs is 1. The summed E-state index contributed by atoms with van der Waals surface area (Å²) in [6, 6.07) is 6.64. The maximum atomic E-state index is 11.9. The van der Waals surface area contributed by atoms with Crippen molar-refractivity contribution in [3.05, 3.63) is 35.4 Å². The molecule has 0 saturated heterocycles. The molecule has 0 aromatic heterocycles. The lowest BCUT2D eigenvalue weighted by molar-refractivity contribution is -0.140. The van der Waals surface area contributed by atoms with Crippen LogP contribution in [-0.2, 0) is 26.0 Å². The number of aliphatic hydroxyl groups is 1. The van der Waals surface area contributed by atoms with Crippen molar-refractivity contribution in [1.29, 1.82) is 0 Å². The summed E-state index contributed by atoms with van der Waals surface area (Å²) >= 11 is 0.